The van der Waals surface area contributed by atoms with E-state index in [1.165, 1.54) is 11.1 Å². The molecule has 0 bridgehead atoms. The lowest BCUT2D eigenvalue weighted by Crippen LogP contribution is -2.36. The number of rotatable bonds is 7. The maximum Gasteiger partial charge on any atom is 0.433 e. The van der Waals surface area contributed by atoms with Crippen LogP contribution in [0.15, 0.2) is 95.6 Å². The van der Waals surface area contributed by atoms with E-state index >= 15 is 0 Å². The van der Waals surface area contributed by atoms with Gasteiger partial charge in [0.25, 0.3) is 5.91 Å². The summed E-state index contributed by atoms with van der Waals surface area (Å²) in [6.07, 6.45) is -0.108. The molecule has 1 aliphatic carbocycles. The van der Waals surface area contributed by atoms with Gasteiger partial charge in [-0.25, -0.2) is 14.5 Å². The van der Waals surface area contributed by atoms with Crippen molar-refractivity contribution >= 4 is 34.7 Å². The minimum absolute atomic E-state index is 0.0714. The predicted octanol–water partition coefficient (Wildman–Crippen LogP) is 8.65. The molecule has 3 fully saturated rings. The van der Waals surface area contributed by atoms with Gasteiger partial charge >= 0.3 is 6.18 Å². The number of alkyl halides is 3. The number of hydrogen-bond acceptors (Lipinski definition) is 8. The van der Waals surface area contributed by atoms with Crippen LogP contribution in [0.1, 0.15) is 77.9 Å². The van der Waals surface area contributed by atoms with Gasteiger partial charge in [-0.2, -0.15) is 23.4 Å². The number of amides is 1. The van der Waals surface area contributed by atoms with E-state index in [2.05, 4.69) is 76.2 Å². The summed E-state index contributed by atoms with van der Waals surface area (Å²) in [5.41, 5.74) is 6.52. The van der Waals surface area contributed by atoms with Gasteiger partial charge in [0.2, 0.25) is 0 Å². The van der Waals surface area contributed by atoms with E-state index in [0.717, 1.165) is 95.4 Å². The fourth-order valence-electron chi connectivity index (χ4n) is 8.59. The second-order valence-corrected chi connectivity index (χ2v) is 15.7. The molecule has 3 aliphatic heterocycles. The zero-order chi connectivity index (χ0) is 40.0. The molecule has 1 saturated carbocycles. The molecule has 9 rings (SSSR count). The van der Waals surface area contributed by atoms with Gasteiger partial charge < -0.3 is 19.3 Å². The largest absolute Gasteiger partial charge is 0.433 e. The van der Waals surface area contributed by atoms with Crippen molar-refractivity contribution in [3.8, 4) is 11.3 Å². The molecule has 3 aromatic carbocycles. The molecule has 2 atom stereocenters. The van der Waals surface area contributed by atoms with E-state index < -0.39 is 23.8 Å². The number of hydrazone groups is 1. The van der Waals surface area contributed by atoms with E-state index in [9.17, 15) is 18.0 Å². The molecule has 5 aromatic rings. The number of allylic oxidation sites excluding steroid dienone is 1. The van der Waals surface area contributed by atoms with Gasteiger partial charge in [0.15, 0.2) is 17.0 Å². The third kappa shape index (κ3) is 7.48. The smallest absolute Gasteiger partial charge is 0.378 e. The first-order valence-electron chi connectivity index (χ1n) is 20.2. The number of hydrogen-bond donors (Lipinski definition) is 0. The Hall–Kier alpha value is -5.53. The quantitative estimate of drug-likeness (QED) is 0.163. The summed E-state index contributed by atoms with van der Waals surface area (Å²) >= 11 is 0. The monoisotopic (exact) mass is 789 g/mol. The van der Waals surface area contributed by atoms with Gasteiger partial charge in [0.05, 0.1) is 43.9 Å². The van der Waals surface area contributed by atoms with Crippen molar-refractivity contribution in [1.82, 2.24) is 19.6 Å². The number of carbonyl (C=O) groups excluding carboxylic acids is 1. The van der Waals surface area contributed by atoms with Crippen LogP contribution in [-0.2, 0) is 15.7 Å². The topological polar surface area (TPSA) is 87.8 Å². The van der Waals surface area contributed by atoms with Gasteiger partial charge in [-0.3, -0.25) is 4.79 Å². The van der Waals surface area contributed by atoms with Gasteiger partial charge in [0, 0.05) is 55.1 Å². The number of carbonyl (C=O) groups is 1. The second kappa shape index (κ2) is 15.7. The number of benzene rings is 3. The summed E-state index contributed by atoms with van der Waals surface area (Å²) in [6.45, 7) is 10.1. The number of nitrogens with zero attached hydrogens (tertiary/aromatic N) is 7. The molecule has 5 heterocycles. The van der Waals surface area contributed by atoms with E-state index in [1.54, 1.807) is 12.1 Å². The van der Waals surface area contributed by atoms with Crippen LogP contribution in [0, 0.1) is 5.92 Å². The molecule has 0 spiro atoms. The predicted molar refractivity (Wildman–Crippen MR) is 218 cm³/mol. The van der Waals surface area contributed by atoms with E-state index in [0.29, 0.717) is 32.0 Å². The molecule has 1 amide bonds. The van der Waals surface area contributed by atoms with Crippen molar-refractivity contribution in [3.63, 3.8) is 0 Å². The Bertz CT molecular complexity index is 2340. The summed E-state index contributed by atoms with van der Waals surface area (Å²) in [5.74, 6) is -0.436. The average molecular weight is 790 g/mol. The first-order chi connectivity index (χ1) is 28.1. The third-order valence-electron chi connectivity index (χ3n) is 11.7. The minimum atomic E-state index is -4.76. The Morgan fingerprint density at radius 1 is 0.828 bits per heavy atom. The van der Waals surface area contributed by atoms with E-state index in [1.807, 2.05) is 24.3 Å². The van der Waals surface area contributed by atoms with Crippen LogP contribution in [0.3, 0.4) is 0 Å². The molecule has 0 radical (unpaired) electrons. The first kappa shape index (κ1) is 38.0. The van der Waals surface area contributed by atoms with Gasteiger partial charge in [-0.05, 0) is 83.9 Å². The number of morpholine rings is 2. The molecule has 300 valence electrons. The third-order valence-corrected chi connectivity index (χ3v) is 11.7. The van der Waals surface area contributed by atoms with Crippen LogP contribution in [0.4, 0.5) is 24.5 Å². The Balaban J connectivity index is 1.09. The first-order valence-corrected chi connectivity index (χ1v) is 20.2. The molecule has 4 aliphatic rings. The molecular weight excluding hydrogens is 744 g/mol. The number of halogens is 3. The van der Waals surface area contributed by atoms with Crippen molar-refractivity contribution in [1.29, 1.82) is 0 Å². The Labute approximate surface area is 335 Å². The number of aromatic nitrogens is 3. The molecule has 58 heavy (non-hydrogen) atoms. The van der Waals surface area contributed by atoms with Crippen LogP contribution in [0.5, 0.6) is 0 Å². The lowest BCUT2D eigenvalue weighted by Gasteiger charge is -2.31. The Kier molecular flexibility index (Phi) is 10.3. The molecule has 2 saturated heterocycles. The molecular formula is C45H46F3N7O3. The number of anilines is 2. The molecule has 13 heteroatoms. The SMILES string of the molecule is CC(C)c1ccc(-c2cc(C(F)(F)F)n3nc(C(=O)N4N=C5/C(=C/c6ccc(N7CCOCC7)cc6)CCC[C@H]5[C@@H]4c4ccc(N5CCOCC5)cc4)cc3n2)cc1. The van der Waals surface area contributed by atoms with Crippen molar-refractivity contribution in [3.05, 3.63) is 119 Å². The van der Waals surface area contributed by atoms with Crippen LogP contribution in [0.25, 0.3) is 23.0 Å². The van der Waals surface area contributed by atoms with Crippen LogP contribution in [-0.4, -0.2) is 83.8 Å². The molecule has 0 N–H and O–H groups in total. The maximum absolute atomic E-state index is 14.7. The lowest BCUT2D eigenvalue weighted by molar-refractivity contribution is -0.142. The average Bonchev–Trinajstić information content (AvgIpc) is 3.87. The summed E-state index contributed by atoms with van der Waals surface area (Å²) in [5, 5.41) is 10.8. The van der Waals surface area contributed by atoms with Crippen molar-refractivity contribution in [2.24, 2.45) is 11.0 Å². The van der Waals surface area contributed by atoms with Crippen LogP contribution >= 0.6 is 0 Å². The maximum atomic E-state index is 14.7. The molecule has 0 unspecified atom stereocenters. The fraction of sp³-hybridized carbons (Fsp3) is 0.378. The number of ether oxygens (including phenoxy) is 2. The molecule has 2 aromatic heterocycles. The minimum Gasteiger partial charge on any atom is -0.378 e. The highest BCUT2D eigenvalue weighted by Gasteiger charge is 2.45. The zero-order valence-electron chi connectivity index (χ0n) is 32.7. The summed E-state index contributed by atoms with van der Waals surface area (Å²) in [4.78, 5) is 23.9. The highest BCUT2D eigenvalue weighted by molar-refractivity contribution is 6.09. The Morgan fingerprint density at radius 2 is 1.45 bits per heavy atom. The fourth-order valence-corrected chi connectivity index (χ4v) is 8.59. The second-order valence-electron chi connectivity index (χ2n) is 15.7. The summed E-state index contributed by atoms with van der Waals surface area (Å²) in [7, 11) is 0. The summed E-state index contributed by atoms with van der Waals surface area (Å²) in [6, 6.07) is 25.9. The molecule has 10 nitrogen and oxygen atoms in total. The normalized spacial score (nSPS) is 20.9. The van der Waals surface area contributed by atoms with Crippen molar-refractivity contribution in [2.75, 3.05) is 62.4 Å². The van der Waals surface area contributed by atoms with Gasteiger partial charge in [-0.15, -0.1) is 0 Å². The number of fused-ring (bicyclic) bond motifs is 2. The van der Waals surface area contributed by atoms with Crippen LogP contribution in [0.2, 0.25) is 0 Å². The summed E-state index contributed by atoms with van der Waals surface area (Å²) < 4.78 is 55.8. The van der Waals surface area contributed by atoms with E-state index in [-0.39, 0.29) is 28.9 Å². The van der Waals surface area contributed by atoms with Crippen molar-refractivity contribution < 1.29 is 27.4 Å². The van der Waals surface area contributed by atoms with Gasteiger partial charge in [0.1, 0.15) is 0 Å². The highest BCUT2D eigenvalue weighted by atomic mass is 19.4. The highest BCUT2D eigenvalue weighted by Crippen LogP contribution is 2.45. The lowest BCUT2D eigenvalue weighted by atomic mass is 9.77. The van der Waals surface area contributed by atoms with Crippen LogP contribution < -0.4 is 9.80 Å². The van der Waals surface area contributed by atoms with Crippen molar-refractivity contribution in [2.45, 2.75) is 51.2 Å². The zero-order valence-corrected chi connectivity index (χ0v) is 32.7. The Morgan fingerprint density at radius 3 is 2.05 bits per heavy atom. The van der Waals surface area contributed by atoms with E-state index in [4.69, 9.17) is 14.6 Å². The van der Waals surface area contributed by atoms with Gasteiger partial charge in [-0.1, -0.05) is 62.4 Å². The standard InChI is InChI=1S/C45H46F3N7O3/c1-29(2)31-8-10-32(11-9-31)38-27-40(45(46,47)48)54-41(49-38)28-39(50-54)44(56)55-43(33-12-16-36(17-13-33)53-20-24-58-25-21-53)37-5-3-4-34(42(37)51-55)26-30-6-14-35(15-7-30)52-18-22-57-23-19-52/h6-17,26-29,37,43H,3-5,18-25H2,1-2H3/b34-26+/t37-,43+/m1/s1.